The maximum absolute atomic E-state index is 11.1. The van der Waals surface area contributed by atoms with Gasteiger partial charge in [-0.05, 0) is 17.0 Å². The minimum Gasteiger partial charge on any atom is -0.496 e. The number of methoxy groups -OCH3 is 1. The van der Waals surface area contributed by atoms with Crippen LogP contribution in [0.1, 0.15) is 11.7 Å². The largest absolute Gasteiger partial charge is 0.496 e. The highest BCUT2D eigenvalue weighted by Gasteiger charge is 2.22. The molecule has 0 unspecified atom stereocenters. The summed E-state index contributed by atoms with van der Waals surface area (Å²) in [5.41, 5.74) is 1.08. The minimum atomic E-state index is -0.103. The molecule has 0 aliphatic carbocycles. The molecule has 1 N–H and O–H groups in total. The molecule has 0 saturated carbocycles. The van der Waals surface area contributed by atoms with Crippen LogP contribution in [0, 0.1) is 0 Å². The topological polar surface area (TPSA) is 47.6 Å². The van der Waals surface area contributed by atoms with Gasteiger partial charge in [-0.2, -0.15) is 0 Å². The van der Waals surface area contributed by atoms with E-state index in [-0.39, 0.29) is 18.6 Å². The Balaban J connectivity index is 2.07. The lowest BCUT2D eigenvalue weighted by molar-refractivity contribution is -0.133. The van der Waals surface area contributed by atoms with Gasteiger partial charge in [0.1, 0.15) is 18.5 Å². The van der Waals surface area contributed by atoms with Crippen molar-refractivity contribution in [3.8, 4) is 5.75 Å². The molecule has 0 radical (unpaired) electrons. The van der Waals surface area contributed by atoms with Crippen LogP contribution in [0.4, 0.5) is 0 Å². The van der Waals surface area contributed by atoms with E-state index in [9.17, 15) is 4.79 Å². The van der Waals surface area contributed by atoms with E-state index in [4.69, 9.17) is 9.47 Å². The second-order valence-electron chi connectivity index (χ2n) is 4.51. The van der Waals surface area contributed by atoms with Gasteiger partial charge in [-0.3, -0.25) is 4.79 Å². The summed E-state index contributed by atoms with van der Waals surface area (Å²) in [7, 11) is 1.67. The molecule has 0 bridgehead atoms. The molecule has 19 heavy (non-hydrogen) atoms. The Bertz CT molecular complexity index is 614. The lowest BCUT2D eigenvalue weighted by Crippen LogP contribution is -2.38. The smallest absolute Gasteiger partial charge is 0.246 e. The van der Waals surface area contributed by atoms with Crippen LogP contribution in [0.2, 0.25) is 0 Å². The van der Waals surface area contributed by atoms with E-state index in [0.717, 1.165) is 22.1 Å². The monoisotopic (exact) mass is 257 g/mol. The van der Waals surface area contributed by atoms with Crippen LogP contribution >= 0.6 is 0 Å². The zero-order chi connectivity index (χ0) is 13.2. The zero-order valence-electron chi connectivity index (χ0n) is 10.7. The lowest BCUT2D eigenvalue weighted by Gasteiger charge is -2.25. The number of hydrogen-bond donors (Lipinski definition) is 1. The highest BCUT2D eigenvalue weighted by molar-refractivity contribution is 5.91. The molecule has 4 heteroatoms. The Morgan fingerprint density at radius 1 is 1.21 bits per heavy atom. The fourth-order valence-corrected chi connectivity index (χ4v) is 2.45. The number of rotatable bonds is 2. The molecule has 0 spiro atoms. The summed E-state index contributed by atoms with van der Waals surface area (Å²) in [5, 5.41) is 4.99. The third-order valence-corrected chi connectivity index (χ3v) is 3.38. The summed E-state index contributed by atoms with van der Waals surface area (Å²) in [6.45, 7) is 0.625. The minimum absolute atomic E-state index is 0.0610. The van der Waals surface area contributed by atoms with Crippen LogP contribution in [0.3, 0.4) is 0 Å². The Morgan fingerprint density at radius 2 is 2.00 bits per heavy atom. The van der Waals surface area contributed by atoms with Gasteiger partial charge in [-0.1, -0.05) is 30.3 Å². The number of carbonyl (C=O) groups is 1. The molecule has 2 aromatic carbocycles. The number of fused-ring (bicyclic) bond motifs is 1. The molecule has 1 fully saturated rings. The first-order valence-electron chi connectivity index (χ1n) is 6.23. The van der Waals surface area contributed by atoms with Gasteiger partial charge in [0.15, 0.2) is 0 Å². The van der Waals surface area contributed by atoms with Gasteiger partial charge in [0.05, 0.1) is 7.11 Å². The van der Waals surface area contributed by atoms with Crippen molar-refractivity contribution in [3.05, 3.63) is 42.0 Å². The molecular formula is C15H15NO3. The van der Waals surface area contributed by atoms with E-state index >= 15 is 0 Å². The summed E-state index contributed by atoms with van der Waals surface area (Å²) < 4.78 is 11.0. The first-order valence-corrected chi connectivity index (χ1v) is 6.23. The van der Waals surface area contributed by atoms with Gasteiger partial charge in [-0.25, -0.2) is 0 Å². The molecule has 1 amide bonds. The van der Waals surface area contributed by atoms with E-state index in [2.05, 4.69) is 5.32 Å². The van der Waals surface area contributed by atoms with E-state index in [0.29, 0.717) is 6.54 Å². The Morgan fingerprint density at radius 3 is 2.68 bits per heavy atom. The molecule has 98 valence electrons. The predicted octanol–water partition coefficient (Wildman–Crippen LogP) is 2.04. The summed E-state index contributed by atoms with van der Waals surface area (Å²) in [4.78, 5) is 11.1. The van der Waals surface area contributed by atoms with Crippen molar-refractivity contribution >= 4 is 16.7 Å². The van der Waals surface area contributed by atoms with E-state index in [1.807, 2.05) is 36.4 Å². The quantitative estimate of drug-likeness (QED) is 0.895. The Labute approximate surface area is 111 Å². The first kappa shape index (κ1) is 12.0. The number of carbonyl (C=O) groups excluding carboxylic acids is 1. The van der Waals surface area contributed by atoms with E-state index in [1.54, 1.807) is 7.11 Å². The maximum atomic E-state index is 11.1. The van der Waals surface area contributed by atoms with Gasteiger partial charge in [0, 0.05) is 11.9 Å². The Kier molecular flexibility index (Phi) is 3.09. The van der Waals surface area contributed by atoms with Crippen LogP contribution in [0.5, 0.6) is 5.75 Å². The number of ether oxygens (including phenoxy) is 2. The van der Waals surface area contributed by atoms with Crippen LogP contribution in [-0.4, -0.2) is 26.2 Å². The molecule has 1 heterocycles. The average Bonchev–Trinajstić information content (AvgIpc) is 2.47. The molecule has 3 rings (SSSR count). The summed E-state index contributed by atoms with van der Waals surface area (Å²) >= 11 is 0. The zero-order valence-corrected chi connectivity index (χ0v) is 10.7. The molecule has 0 aromatic heterocycles. The SMILES string of the molecule is COc1ccc([C@@H]2CNC(=O)CO2)c2ccccc12. The highest BCUT2D eigenvalue weighted by Crippen LogP contribution is 2.33. The Hall–Kier alpha value is -2.07. The number of hydrogen-bond acceptors (Lipinski definition) is 3. The number of nitrogens with one attached hydrogen (secondary N) is 1. The molecule has 1 saturated heterocycles. The van der Waals surface area contributed by atoms with Crippen LogP contribution in [0.15, 0.2) is 36.4 Å². The summed E-state index contributed by atoms with van der Waals surface area (Å²) in [6.07, 6.45) is -0.103. The lowest BCUT2D eigenvalue weighted by atomic mass is 9.99. The first-order chi connectivity index (χ1) is 9.29. The second-order valence-corrected chi connectivity index (χ2v) is 4.51. The van der Waals surface area contributed by atoms with Crippen molar-refractivity contribution in [3.63, 3.8) is 0 Å². The third-order valence-electron chi connectivity index (χ3n) is 3.38. The average molecular weight is 257 g/mol. The molecule has 2 aromatic rings. The second kappa shape index (κ2) is 4.90. The predicted molar refractivity (Wildman–Crippen MR) is 72.2 cm³/mol. The van der Waals surface area contributed by atoms with Crippen molar-refractivity contribution in [1.29, 1.82) is 0 Å². The van der Waals surface area contributed by atoms with Gasteiger partial charge < -0.3 is 14.8 Å². The third kappa shape index (κ3) is 2.15. The van der Waals surface area contributed by atoms with Crippen molar-refractivity contribution in [2.45, 2.75) is 6.10 Å². The number of benzene rings is 2. The van der Waals surface area contributed by atoms with Gasteiger partial charge in [-0.15, -0.1) is 0 Å². The summed E-state index contributed by atoms with van der Waals surface area (Å²) in [5.74, 6) is 0.785. The van der Waals surface area contributed by atoms with E-state index < -0.39 is 0 Å². The van der Waals surface area contributed by atoms with Crippen LogP contribution < -0.4 is 10.1 Å². The molecule has 1 atom stereocenters. The van der Waals surface area contributed by atoms with E-state index in [1.165, 1.54) is 0 Å². The molecular weight excluding hydrogens is 242 g/mol. The molecule has 4 nitrogen and oxygen atoms in total. The maximum Gasteiger partial charge on any atom is 0.246 e. The molecule has 1 aliphatic heterocycles. The van der Waals surface area contributed by atoms with Crippen molar-refractivity contribution in [2.75, 3.05) is 20.3 Å². The van der Waals surface area contributed by atoms with Crippen molar-refractivity contribution < 1.29 is 14.3 Å². The fraction of sp³-hybridized carbons (Fsp3) is 0.267. The standard InChI is InChI=1S/C15H15NO3/c1-18-13-7-6-12(10-4-2-3-5-11(10)13)14-8-16-15(17)9-19-14/h2-7,14H,8-9H2,1H3,(H,16,17)/t14-/m0/s1. The van der Waals surface area contributed by atoms with Crippen molar-refractivity contribution in [1.82, 2.24) is 5.32 Å². The number of morpholine rings is 1. The van der Waals surface area contributed by atoms with Crippen molar-refractivity contribution in [2.24, 2.45) is 0 Å². The summed E-state index contributed by atoms with van der Waals surface area (Å²) in [6, 6.07) is 12.0. The van der Waals surface area contributed by atoms with Crippen LogP contribution in [0.25, 0.3) is 10.8 Å². The fourth-order valence-electron chi connectivity index (χ4n) is 2.45. The van der Waals surface area contributed by atoms with Crippen LogP contribution in [-0.2, 0) is 9.53 Å². The normalized spacial score (nSPS) is 19.2. The number of amides is 1. The molecule has 1 aliphatic rings. The van der Waals surface area contributed by atoms with Gasteiger partial charge in [0.2, 0.25) is 5.91 Å². The van der Waals surface area contributed by atoms with Gasteiger partial charge >= 0.3 is 0 Å². The van der Waals surface area contributed by atoms with Gasteiger partial charge in [0.25, 0.3) is 0 Å². The highest BCUT2D eigenvalue weighted by atomic mass is 16.5.